The minimum atomic E-state index is -3.16. The summed E-state index contributed by atoms with van der Waals surface area (Å²) in [6, 6.07) is 1.49. The lowest BCUT2D eigenvalue weighted by Gasteiger charge is -2.23. The minimum absolute atomic E-state index is 0.0460. The van der Waals surface area contributed by atoms with Gasteiger partial charge in [-0.15, -0.1) is 0 Å². The normalized spacial score (nSPS) is 12.4. The van der Waals surface area contributed by atoms with Crippen LogP contribution in [0.1, 0.15) is 13.8 Å². The molecule has 0 fully saturated rings. The van der Waals surface area contributed by atoms with Gasteiger partial charge in [0, 0.05) is 18.9 Å². The van der Waals surface area contributed by atoms with Crippen molar-refractivity contribution in [3.8, 4) is 0 Å². The van der Waals surface area contributed by atoms with Crippen molar-refractivity contribution in [1.29, 1.82) is 0 Å². The zero-order valence-electron chi connectivity index (χ0n) is 10.1. The van der Waals surface area contributed by atoms with Crippen molar-refractivity contribution in [3.05, 3.63) is 6.07 Å². The molecule has 8 heteroatoms. The summed E-state index contributed by atoms with van der Waals surface area (Å²) in [6.07, 6.45) is 1.19. The van der Waals surface area contributed by atoms with E-state index in [-0.39, 0.29) is 18.3 Å². The smallest absolute Gasteiger partial charge is 0.223 e. The fourth-order valence-electron chi connectivity index (χ4n) is 1.01. The van der Waals surface area contributed by atoms with E-state index in [0.29, 0.717) is 5.82 Å². The van der Waals surface area contributed by atoms with Crippen molar-refractivity contribution in [2.45, 2.75) is 18.6 Å². The van der Waals surface area contributed by atoms with Gasteiger partial charge in [0.1, 0.15) is 11.6 Å². The van der Waals surface area contributed by atoms with E-state index in [1.165, 1.54) is 12.3 Å². The van der Waals surface area contributed by atoms with Crippen LogP contribution < -0.4 is 16.8 Å². The Labute approximate surface area is 101 Å². The average molecular weight is 259 g/mol. The molecule has 7 nitrogen and oxygen atoms in total. The number of aromatic nitrogens is 2. The molecule has 1 rings (SSSR count). The van der Waals surface area contributed by atoms with Crippen molar-refractivity contribution in [2.75, 3.05) is 29.6 Å². The molecule has 0 amide bonds. The number of anilines is 3. The van der Waals surface area contributed by atoms with Gasteiger partial charge in [-0.1, -0.05) is 0 Å². The first kappa shape index (κ1) is 13.5. The molecule has 0 saturated heterocycles. The van der Waals surface area contributed by atoms with E-state index in [1.54, 1.807) is 13.8 Å². The molecule has 0 atom stereocenters. The Hall–Kier alpha value is -1.57. The quantitative estimate of drug-likeness (QED) is 0.688. The SMILES string of the molecule is CC(C)(CNc1cc(N)nc(N)n1)S(C)(=O)=O. The first-order chi connectivity index (χ1) is 7.62. The molecular weight excluding hydrogens is 242 g/mol. The van der Waals surface area contributed by atoms with Crippen molar-refractivity contribution in [2.24, 2.45) is 0 Å². The Bertz CT molecular complexity index is 492. The summed E-state index contributed by atoms with van der Waals surface area (Å²) in [5.41, 5.74) is 10.9. The molecular formula is C9H17N5O2S. The van der Waals surface area contributed by atoms with Crippen LogP contribution in [-0.4, -0.2) is 35.9 Å². The number of hydrogen-bond acceptors (Lipinski definition) is 7. The molecule has 0 saturated carbocycles. The molecule has 0 spiro atoms. The maximum Gasteiger partial charge on any atom is 0.223 e. The fraction of sp³-hybridized carbons (Fsp3) is 0.556. The van der Waals surface area contributed by atoms with E-state index < -0.39 is 14.6 Å². The van der Waals surface area contributed by atoms with E-state index in [4.69, 9.17) is 11.5 Å². The predicted octanol–water partition coefficient (Wildman–Crippen LogP) is -0.124. The second-order valence-electron chi connectivity index (χ2n) is 4.42. The maximum absolute atomic E-state index is 11.5. The van der Waals surface area contributed by atoms with E-state index in [1.807, 2.05) is 0 Å². The largest absolute Gasteiger partial charge is 0.383 e. The third-order valence-corrected chi connectivity index (χ3v) is 4.61. The van der Waals surface area contributed by atoms with Crippen molar-refractivity contribution in [3.63, 3.8) is 0 Å². The number of hydrogen-bond donors (Lipinski definition) is 3. The standard InChI is InChI=1S/C9H17N5O2S/c1-9(2,17(3,15)16)5-12-7-4-6(10)13-8(11)14-7/h4H,5H2,1-3H3,(H5,10,11,12,13,14). The summed E-state index contributed by atoms with van der Waals surface area (Å²) in [7, 11) is -3.16. The van der Waals surface area contributed by atoms with Crippen LogP contribution in [0.15, 0.2) is 6.07 Å². The molecule has 17 heavy (non-hydrogen) atoms. The molecule has 0 aliphatic carbocycles. The fourth-order valence-corrected chi connectivity index (χ4v) is 1.34. The molecule has 96 valence electrons. The van der Waals surface area contributed by atoms with Gasteiger partial charge >= 0.3 is 0 Å². The second kappa shape index (κ2) is 4.36. The lowest BCUT2D eigenvalue weighted by atomic mass is 10.2. The molecule has 0 unspecified atom stereocenters. The van der Waals surface area contributed by atoms with Gasteiger partial charge in [-0.05, 0) is 13.8 Å². The molecule has 5 N–H and O–H groups in total. The van der Waals surface area contributed by atoms with Crippen molar-refractivity contribution < 1.29 is 8.42 Å². The van der Waals surface area contributed by atoms with Gasteiger partial charge in [-0.3, -0.25) is 0 Å². The Morgan fingerprint density at radius 3 is 2.41 bits per heavy atom. The molecule has 1 aromatic rings. The number of nitrogens with zero attached hydrogens (tertiary/aromatic N) is 2. The highest BCUT2D eigenvalue weighted by atomic mass is 32.2. The van der Waals surface area contributed by atoms with Gasteiger partial charge in [0.15, 0.2) is 9.84 Å². The highest BCUT2D eigenvalue weighted by Crippen LogP contribution is 2.17. The summed E-state index contributed by atoms with van der Waals surface area (Å²) in [4.78, 5) is 7.61. The molecule has 1 aromatic heterocycles. The Balaban J connectivity index is 2.81. The molecule has 0 radical (unpaired) electrons. The number of nitrogens with one attached hydrogen (secondary N) is 1. The molecule has 1 heterocycles. The van der Waals surface area contributed by atoms with Crippen LogP contribution in [0.5, 0.6) is 0 Å². The summed E-state index contributed by atoms with van der Waals surface area (Å²) in [5.74, 6) is 0.688. The Morgan fingerprint density at radius 2 is 1.94 bits per heavy atom. The van der Waals surface area contributed by atoms with E-state index in [9.17, 15) is 8.42 Å². The zero-order chi connectivity index (χ0) is 13.3. The van der Waals surface area contributed by atoms with Gasteiger partial charge in [-0.2, -0.15) is 9.97 Å². The third-order valence-electron chi connectivity index (χ3n) is 2.46. The molecule has 0 aliphatic heterocycles. The highest BCUT2D eigenvalue weighted by Gasteiger charge is 2.29. The van der Waals surface area contributed by atoms with Crippen LogP contribution in [-0.2, 0) is 9.84 Å². The lowest BCUT2D eigenvalue weighted by molar-refractivity contribution is 0.559. The Kier molecular flexibility index (Phi) is 3.46. The first-order valence-electron chi connectivity index (χ1n) is 4.95. The summed E-state index contributed by atoms with van der Waals surface area (Å²) < 4.78 is 22.1. The van der Waals surface area contributed by atoms with E-state index in [0.717, 1.165) is 0 Å². The van der Waals surface area contributed by atoms with Crippen molar-refractivity contribution in [1.82, 2.24) is 9.97 Å². The molecule has 0 bridgehead atoms. The highest BCUT2D eigenvalue weighted by molar-refractivity contribution is 7.92. The number of nitrogens with two attached hydrogens (primary N) is 2. The Morgan fingerprint density at radius 1 is 1.35 bits per heavy atom. The average Bonchev–Trinajstić information content (AvgIpc) is 2.11. The van der Waals surface area contributed by atoms with Gasteiger partial charge in [0.25, 0.3) is 0 Å². The van der Waals surface area contributed by atoms with Crippen LogP contribution in [0, 0.1) is 0 Å². The monoisotopic (exact) mass is 259 g/mol. The summed E-state index contributed by atoms with van der Waals surface area (Å²) >= 11 is 0. The lowest BCUT2D eigenvalue weighted by Crippen LogP contribution is -2.38. The van der Waals surface area contributed by atoms with Gasteiger partial charge < -0.3 is 16.8 Å². The van der Waals surface area contributed by atoms with Gasteiger partial charge in [-0.25, -0.2) is 8.42 Å². The number of nitrogen functional groups attached to an aromatic ring is 2. The first-order valence-corrected chi connectivity index (χ1v) is 6.84. The zero-order valence-corrected chi connectivity index (χ0v) is 10.9. The van der Waals surface area contributed by atoms with Gasteiger partial charge in [0.05, 0.1) is 4.75 Å². The summed E-state index contributed by atoms with van der Waals surface area (Å²) in [5, 5.41) is 2.88. The second-order valence-corrected chi connectivity index (χ2v) is 7.07. The van der Waals surface area contributed by atoms with Crippen molar-refractivity contribution >= 4 is 27.4 Å². The molecule has 0 aromatic carbocycles. The van der Waals surface area contributed by atoms with Crippen LogP contribution >= 0.6 is 0 Å². The van der Waals surface area contributed by atoms with E-state index in [2.05, 4.69) is 15.3 Å². The topological polar surface area (TPSA) is 124 Å². The molecule has 0 aliphatic rings. The minimum Gasteiger partial charge on any atom is -0.383 e. The van der Waals surface area contributed by atoms with Gasteiger partial charge in [0.2, 0.25) is 5.95 Å². The van der Waals surface area contributed by atoms with E-state index >= 15 is 0 Å². The summed E-state index contributed by atoms with van der Waals surface area (Å²) in [6.45, 7) is 3.47. The van der Waals surface area contributed by atoms with Crippen LogP contribution in [0.25, 0.3) is 0 Å². The number of sulfone groups is 1. The van der Waals surface area contributed by atoms with Crippen LogP contribution in [0.3, 0.4) is 0 Å². The maximum atomic E-state index is 11.5. The number of rotatable bonds is 4. The third kappa shape index (κ3) is 3.45. The van der Waals surface area contributed by atoms with Crippen LogP contribution in [0.4, 0.5) is 17.6 Å². The predicted molar refractivity (Wildman–Crippen MR) is 68.3 cm³/mol. The van der Waals surface area contributed by atoms with Crippen LogP contribution in [0.2, 0.25) is 0 Å².